The first-order valence-corrected chi connectivity index (χ1v) is 8.12. The summed E-state index contributed by atoms with van der Waals surface area (Å²) in [4.78, 5) is 9.73. The summed E-state index contributed by atoms with van der Waals surface area (Å²) in [7, 11) is 0. The summed E-state index contributed by atoms with van der Waals surface area (Å²) in [5.41, 5.74) is 1.84. The van der Waals surface area contributed by atoms with E-state index < -0.39 is 11.6 Å². The second kappa shape index (κ2) is 5.82. The summed E-state index contributed by atoms with van der Waals surface area (Å²) in [6.07, 6.45) is 2.42. The highest BCUT2D eigenvalue weighted by Gasteiger charge is 2.21. The van der Waals surface area contributed by atoms with Gasteiger partial charge in [-0.05, 0) is 17.0 Å². The fourth-order valence-electron chi connectivity index (χ4n) is 2.68. The molecule has 0 fully saturated rings. The molecule has 0 saturated heterocycles. The van der Waals surface area contributed by atoms with Gasteiger partial charge in [0, 0.05) is 30.0 Å². The van der Waals surface area contributed by atoms with Crippen molar-refractivity contribution < 1.29 is 13.5 Å². The maximum atomic E-state index is 13.3. The van der Waals surface area contributed by atoms with Crippen molar-refractivity contribution in [2.45, 2.75) is 12.5 Å². The molecular weight excluding hydrogens is 320 g/mol. The van der Waals surface area contributed by atoms with Gasteiger partial charge in [-0.25, -0.2) is 13.8 Å². The van der Waals surface area contributed by atoms with Crippen molar-refractivity contribution in [1.82, 2.24) is 9.97 Å². The van der Waals surface area contributed by atoms with Gasteiger partial charge in [0.05, 0.1) is 23.8 Å². The van der Waals surface area contributed by atoms with Crippen molar-refractivity contribution in [2.75, 3.05) is 18.5 Å². The molecule has 0 saturated carbocycles. The Bertz CT molecular complexity index is 868. The first-order valence-electron chi connectivity index (χ1n) is 7.24. The van der Waals surface area contributed by atoms with E-state index in [1.54, 1.807) is 11.3 Å². The van der Waals surface area contributed by atoms with Crippen LogP contribution in [0, 0.1) is 11.6 Å². The maximum Gasteiger partial charge on any atom is 0.161 e. The molecule has 1 N–H and O–H groups in total. The van der Waals surface area contributed by atoms with E-state index in [9.17, 15) is 8.78 Å². The van der Waals surface area contributed by atoms with E-state index in [1.165, 1.54) is 16.6 Å². The van der Waals surface area contributed by atoms with E-state index in [0.29, 0.717) is 30.0 Å². The minimum absolute atomic E-state index is 0.0348. The summed E-state index contributed by atoms with van der Waals surface area (Å²) < 4.78 is 32.3. The third kappa shape index (κ3) is 2.77. The Labute approximate surface area is 135 Å². The standard InChI is InChI=1S/C16H13F2N3OS/c17-10-5-12-13(6-11(10)18)21-16(8-19-12)20-7-14-9-2-4-23-15(9)1-3-22-14/h2,4-6,8,14H,1,3,7H2,(H,20,21)/t14-/m0/s1. The molecule has 1 atom stereocenters. The lowest BCUT2D eigenvalue weighted by Crippen LogP contribution is -2.21. The summed E-state index contributed by atoms with van der Waals surface area (Å²) in [5, 5.41) is 5.23. The number of rotatable bonds is 3. The molecule has 0 aliphatic carbocycles. The highest BCUT2D eigenvalue weighted by atomic mass is 32.1. The van der Waals surface area contributed by atoms with Gasteiger partial charge in [0.1, 0.15) is 11.9 Å². The van der Waals surface area contributed by atoms with Crippen molar-refractivity contribution in [3.8, 4) is 0 Å². The van der Waals surface area contributed by atoms with Crippen LogP contribution in [0.25, 0.3) is 11.0 Å². The average Bonchev–Trinajstić information content (AvgIpc) is 3.03. The molecule has 23 heavy (non-hydrogen) atoms. The number of hydrogen-bond acceptors (Lipinski definition) is 5. The molecule has 4 rings (SSSR count). The average molecular weight is 333 g/mol. The number of ether oxygens (including phenoxy) is 1. The van der Waals surface area contributed by atoms with Crippen LogP contribution < -0.4 is 5.32 Å². The lowest BCUT2D eigenvalue weighted by molar-refractivity contribution is 0.0526. The van der Waals surface area contributed by atoms with E-state index in [-0.39, 0.29) is 6.10 Å². The molecule has 0 bridgehead atoms. The Kier molecular flexibility index (Phi) is 3.66. The van der Waals surface area contributed by atoms with Crippen molar-refractivity contribution >= 4 is 28.2 Å². The number of hydrogen-bond donors (Lipinski definition) is 1. The van der Waals surface area contributed by atoms with Gasteiger partial charge in [-0.2, -0.15) is 0 Å². The van der Waals surface area contributed by atoms with Gasteiger partial charge < -0.3 is 10.1 Å². The summed E-state index contributed by atoms with van der Waals surface area (Å²) in [6.45, 7) is 1.25. The van der Waals surface area contributed by atoms with Crippen LogP contribution in [0.3, 0.4) is 0 Å². The Morgan fingerprint density at radius 2 is 2.09 bits per heavy atom. The summed E-state index contributed by atoms with van der Waals surface area (Å²) in [5.74, 6) is -1.34. The number of nitrogens with zero attached hydrogens (tertiary/aromatic N) is 2. The maximum absolute atomic E-state index is 13.3. The summed E-state index contributed by atoms with van der Waals surface area (Å²) in [6, 6.07) is 4.18. The van der Waals surface area contributed by atoms with Crippen molar-refractivity contribution in [3.05, 3.63) is 51.9 Å². The van der Waals surface area contributed by atoms with Gasteiger partial charge in [-0.1, -0.05) is 0 Å². The molecule has 0 spiro atoms. The minimum atomic E-state index is -0.928. The smallest absolute Gasteiger partial charge is 0.161 e. The zero-order valence-corrected chi connectivity index (χ0v) is 12.9. The molecule has 3 aromatic rings. The Balaban J connectivity index is 1.54. The number of aromatic nitrogens is 2. The van der Waals surface area contributed by atoms with Crippen molar-refractivity contribution in [3.63, 3.8) is 0 Å². The predicted molar refractivity (Wildman–Crippen MR) is 84.7 cm³/mol. The highest BCUT2D eigenvalue weighted by Crippen LogP contribution is 2.31. The molecule has 3 heterocycles. The Hall–Kier alpha value is -2.12. The van der Waals surface area contributed by atoms with E-state index in [0.717, 1.165) is 18.6 Å². The van der Waals surface area contributed by atoms with Gasteiger partial charge in [-0.3, -0.25) is 4.98 Å². The highest BCUT2D eigenvalue weighted by molar-refractivity contribution is 7.10. The molecule has 118 valence electrons. The van der Waals surface area contributed by atoms with E-state index in [1.807, 2.05) is 0 Å². The second-order valence-corrected chi connectivity index (χ2v) is 6.30. The van der Waals surface area contributed by atoms with Crippen LogP contribution in [0.15, 0.2) is 29.8 Å². The number of halogens is 2. The lowest BCUT2D eigenvalue weighted by atomic mass is 10.1. The largest absolute Gasteiger partial charge is 0.371 e. The zero-order chi connectivity index (χ0) is 15.8. The van der Waals surface area contributed by atoms with Crippen LogP contribution in [0.4, 0.5) is 14.6 Å². The molecule has 4 nitrogen and oxygen atoms in total. The molecule has 1 aliphatic rings. The molecule has 0 radical (unpaired) electrons. The first kappa shape index (κ1) is 14.5. The fourth-order valence-corrected chi connectivity index (χ4v) is 3.60. The van der Waals surface area contributed by atoms with Crippen LogP contribution in [-0.2, 0) is 11.2 Å². The number of thiophene rings is 1. The molecular formula is C16H13F2N3OS. The zero-order valence-electron chi connectivity index (χ0n) is 12.1. The van der Waals surface area contributed by atoms with E-state index in [4.69, 9.17) is 4.74 Å². The van der Waals surface area contributed by atoms with Crippen molar-refractivity contribution in [2.24, 2.45) is 0 Å². The van der Waals surface area contributed by atoms with Gasteiger partial charge in [-0.15, -0.1) is 11.3 Å². The minimum Gasteiger partial charge on any atom is -0.371 e. The Morgan fingerprint density at radius 1 is 1.26 bits per heavy atom. The quantitative estimate of drug-likeness (QED) is 0.794. The molecule has 0 amide bonds. The van der Waals surface area contributed by atoms with Gasteiger partial charge in [0.25, 0.3) is 0 Å². The van der Waals surface area contributed by atoms with Crippen LogP contribution in [0.2, 0.25) is 0 Å². The lowest BCUT2D eigenvalue weighted by Gasteiger charge is -2.23. The van der Waals surface area contributed by atoms with Crippen LogP contribution in [-0.4, -0.2) is 23.1 Å². The van der Waals surface area contributed by atoms with Crippen molar-refractivity contribution in [1.29, 1.82) is 0 Å². The SMILES string of the molecule is Fc1cc2ncc(NC[C@@H]3OCCc4sccc43)nc2cc1F. The number of fused-ring (bicyclic) bond motifs is 2. The third-order valence-corrected chi connectivity index (χ3v) is 4.82. The summed E-state index contributed by atoms with van der Waals surface area (Å²) >= 11 is 1.74. The molecule has 1 aromatic carbocycles. The van der Waals surface area contributed by atoms with Crippen LogP contribution >= 0.6 is 11.3 Å². The molecule has 0 unspecified atom stereocenters. The van der Waals surface area contributed by atoms with E-state index in [2.05, 4.69) is 26.7 Å². The second-order valence-electron chi connectivity index (χ2n) is 5.30. The Morgan fingerprint density at radius 3 is 2.96 bits per heavy atom. The number of benzene rings is 1. The van der Waals surface area contributed by atoms with Crippen LogP contribution in [0.1, 0.15) is 16.5 Å². The van der Waals surface area contributed by atoms with Gasteiger partial charge >= 0.3 is 0 Å². The van der Waals surface area contributed by atoms with Gasteiger partial charge in [0.2, 0.25) is 0 Å². The van der Waals surface area contributed by atoms with E-state index >= 15 is 0 Å². The molecule has 7 heteroatoms. The first-order chi connectivity index (χ1) is 11.2. The normalized spacial score (nSPS) is 17.2. The predicted octanol–water partition coefficient (Wildman–Crippen LogP) is 3.70. The number of nitrogens with one attached hydrogen (secondary N) is 1. The topological polar surface area (TPSA) is 47.0 Å². The number of anilines is 1. The third-order valence-electron chi connectivity index (χ3n) is 3.83. The van der Waals surface area contributed by atoms with Gasteiger partial charge in [0.15, 0.2) is 11.6 Å². The molecule has 1 aliphatic heterocycles. The van der Waals surface area contributed by atoms with Crippen LogP contribution in [0.5, 0.6) is 0 Å². The molecule has 2 aromatic heterocycles. The monoisotopic (exact) mass is 333 g/mol. The fraction of sp³-hybridized carbons (Fsp3) is 0.250.